The van der Waals surface area contributed by atoms with Crippen LogP contribution in [0.15, 0.2) is 41.6 Å². The molecule has 0 N–H and O–H groups in total. The van der Waals surface area contributed by atoms with Crippen LogP contribution in [0, 0.1) is 5.92 Å². The van der Waals surface area contributed by atoms with Crippen molar-refractivity contribution in [1.29, 1.82) is 0 Å². The first-order chi connectivity index (χ1) is 14.6. The molecule has 1 fully saturated rings. The highest BCUT2D eigenvalue weighted by Gasteiger charge is 2.28. The minimum absolute atomic E-state index is 0.121. The summed E-state index contributed by atoms with van der Waals surface area (Å²) >= 11 is 0. The number of carbonyl (C=O) groups excluding carboxylic acids is 1. The van der Waals surface area contributed by atoms with Gasteiger partial charge in [-0.1, -0.05) is 20.8 Å². The molecule has 0 radical (unpaired) electrons. The predicted molar refractivity (Wildman–Crippen MR) is 118 cm³/mol. The van der Waals surface area contributed by atoms with Crippen molar-refractivity contribution < 1.29 is 17.6 Å². The van der Waals surface area contributed by atoms with Gasteiger partial charge in [0.15, 0.2) is 6.29 Å². The van der Waals surface area contributed by atoms with E-state index < -0.39 is 16.2 Å². The van der Waals surface area contributed by atoms with E-state index in [-0.39, 0.29) is 10.3 Å². The Morgan fingerprint density at radius 3 is 2.48 bits per heavy atom. The second-order valence-electron chi connectivity index (χ2n) is 9.46. The maximum Gasteiger partial charge on any atom is 0.267 e. The zero-order chi connectivity index (χ0) is 22.4. The monoisotopic (exact) mass is 445 g/mol. The van der Waals surface area contributed by atoms with Gasteiger partial charge < -0.3 is 4.57 Å². The molecule has 2 aromatic heterocycles. The van der Waals surface area contributed by atoms with E-state index in [0.717, 1.165) is 34.7 Å². The number of aromatic nitrogens is 3. The molecule has 31 heavy (non-hydrogen) atoms. The van der Waals surface area contributed by atoms with Gasteiger partial charge in [0.05, 0.1) is 15.9 Å². The topological polar surface area (TPSA) is 74.0 Å². The average molecular weight is 446 g/mol. The fourth-order valence-corrected chi connectivity index (χ4v) is 5.55. The fraction of sp³-hybridized carbons (Fsp3) is 0.478. The Bertz CT molecular complexity index is 1210. The van der Waals surface area contributed by atoms with Crippen LogP contribution in [-0.2, 0) is 22.0 Å². The maximum absolute atomic E-state index is 13.6. The summed E-state index contributed by atoms with van der Waals surface area (Å²) in [7, 11) is -3.83. The van der Waals surface area contributed by atoms with Gasteiger partial charge in [-0.3, -0.25) is 4.79 Å². The molecule has 1 aliphatic carbocycles. The average Bonchev–Trinajstić information content (AvgIpc) is 3.34. The van der Waals surface area contributed by atoms with Crippen LogP contribution in [0.1, 0.15) is 62.6 Å². The van der Waals surface area contributed by atoms with Gasteiger partial charge in [0.2, 0.25) is 0 Å². The third kappa shape index (κ3) is 4.18. The first-order valence-electron chi connectivity index (χ1n) is 10.6. The maximum atomic E-state index is 13.6. The van der Waals surface area contributed by atoms with Gasteiger partial charge in [-0.2, -0.15) is 0 Å². The van der Waals surface area contributed by atoms with Gasteiger partial charge in [0, 0.05) is 29.9 Å². The molecule has 0 atom stereocenters. The number of carbonyl (C=O) groups is 1. The lowest BCUT2D eigenvalue weighted by atomic mass is 9.87. The van der Waals surface area contributed by atoms with Crippen LogP contribution in [0.3, 0.4) is 0 Å². The Hall–Kier alpha value is -2.48. The van der Waals surface area contributed by atoms with Crippen molar-refractivity contribution in [2.45, 2.75) is 69.5 Å². The van der Waals surface area contributed by atoms with Crippen molar-refractivity contribution in [3.05, 3.63) is 48.0 Å². The first-order valence-corrected chi connectivity index (χ1v) is 12.1. The molecule has 1 aliphatic rings. The molecular weight excluding hydrogens is 417 g/mol. The molecular formula is C23H28FN3O3S. The van der Waals surface area contributed by atoms with E-state index in [1.165, 1.54) is 18.5 Å². The van der Waals surface area contributed by atoms with Gasteiger partial charge in [-0.05, 0) is 55.9 Å². The van der Waals surface area contributed by atoms with E-state index >= 15 is 0 Å². The van der Waals surface area contributed by atoms with Gasteiger partial charge >= 0.3 is 0 Å². The van der Waals surface area contributed by atoms with Crippen molar-refractivity contribution in [2.75, 3.05) is 0 Å². The molecule has 0 aliphatic heterocycles. The summed E-state index contributed by atoms with van der Waals surface area (Å²) in [6.07, 6.45) is 5.49. The molecule has 0 spiro atoms. The zero-order valence-electron chi connectivity index (χ0n) is 18.1. The van der Waals surface area contributed by atoms with Gasteiger partial charge in [-0.15, -0.1) is 0 Å². The molecule has 0 unspecified atom stereocenters. The standard InChI is InChI=1S/C23H28FN3O3S/c1-23(2,3)22-25-20-12-19(31(29,30)26-11-10-17(13-26)15-28)8-9-21(20)27(22)14-16-4-6-18(24)7-5-16/h8-13,15-16,18H,4-7,14H2,1-3H3. The van der Waals surface area contributed by atoms with Crippen LogP contribution in [-0.4, -0.2) is 34.4 Å². The molecule has 0 saturated heterocycles. The summed E-state index contributed by atoms with van der Waals surface area (Å²) < 4.78 is 42.8. The van der Waals surface area contributed by atoms with E-state index in [2.05, 4.69) is 25.3 Å². The van der Waals surface area contributed by atoms with E-state index in [4.69, 9.17) is 4.98 Å². The first kappa shape index (κ1) is 21.7. The molecule has 2 heterocycles. The number of rotatable bonds is 5. The fourth-order valence-electron chi connectivity index (χ4n) is 4.32. The lowest BCUT2D eigenvalue weighted by Gasteiger charge is -2.27. The highest BCUT2D eigenvalue weighted by Crippen LogP contribution is 2.33. The molecule has 8 heteroatoms. The number of hydrogen-bond acceptors (Lipinski definition) is 4. The Kier molecular flexibility index (Phi) is 5.54. The second-order valence-corrected chi connectivity index (χ2v) is 11.3. The van der Waals surface area contributed by atoms with Crippen molar-refractivity contribution in [3.63, 3.8) is 0 Å². The largest absolute Gasteiger partial charge is 0.327 e. The number of alkyl halides is 1. The van der Waals surface area contributed by atoms with Gasteiger partial charge in [-0.25, -0.2) is 21.8 Å². The highest BCUT2D eigenvalue weighted by atomic mass is 32.2. The van der Waals surface area contributed by atoms with Crippen LogP contribution in [0.4, 0.5) is 4.39 Å². The lowest BCUT2D eigenvalue weighted by Crippen LogP contribution is -2.24. The van der Waals surface area contributed by atoms with Crippen LogP contribution < -0.4 is 0 Å². The molecule has 0 amide bonds. The summed E-state index contributed by atoms with van der Waals surface area (Å²) in [5.74, 6) is 1.28. The molecule has 166 valence electrons. The van der Waals surface area contributed by atoms with Crippen molar-refractivity contribution >= 4 is 27.3 Å². The SMILES string of the molecule is CC(C)(C)c1nc2cc(S(=O)(=O)n3ccc(C=O)c3)ccc2n1CC1CCC(F)CC1. The molecule has 1 aromatic carbocycles. The third-order valence-corrected chi connectivity index (χ3v) is 7.64. The van der Waals surface area contributed by atoms with E-state index in [1.807, 2.05) is 0 Å². The molecule has 3 aromatic rings. The van der Waals surface area contributed by atoms with E-state index in [9.17, 15) is 17.6 Å². The summed E-state index contributed by atoms with van der Waals surface area (Å²) in [5, 5.41) is 0. The number of hydrogen-bond donors (Lipinski definition) is 0. The minimum Gasteiger partial charge on any atom is -0.327 e. The summed E-state index contributed by atoms with van der Waals surface area (Å²) in [6, 6.07) is 6.44. The van der Waals surface area contributed by atoms with Crippen LogP contribution in [0.5, 0.6) is 0 Å². The van der Waals surface area contributed by atoms with Crippen molar-refractivity contribution in [2.24, 2.45) is 5.92 Å². The van der Waals surface area contributed by atoms with Crippen LogP contribution in [0.2, 0.25) is 0 Å². The van der Waals surface area contributed by atoms with Gasteiger partial charge in [0.25, 0.3) is 10.0 Å². The third-order valence-electron chi connectivity index (χ3n) is 6.01. The Labute approximate surface area is 182 Å². The molecule has 1 saturated carbocycles. The number of nitrogens with zero attached hydrogens (tertiary/aromatic N) is 3. The molecule has 0 bridgehead atoms. The number of imidazole rings is 1. The summed E-state index contributed by atoms with van der Waals surface area (Å²) in [4.78, 5) is 15.9. The van der Waals surface area contributed by atoms with Crippen molar-refractivity contribution in [1.82, 2.24) is 13.5 Å². The number of fused-ring (bicyclic) bond motifs is 1. The predicted octanol–water partition coefficient (Wildman–Crippen LogP) is 4.71. The normalized spacial score (nSPS) is 20.3. The number of benzene rings is 1. The van der Waals surface area contributed by atoms with Crippen LogP contribution in [0.25, 0.3) is 11.0 Å². The Morgan fingerprint density at radius 2 is 1.87 bits per heavy atom. The highest BCUT2D eigenvalue weighted by molar-refractivity contribution is 7.90. The number of halogens is 1. The Morgan fingerprint density at radius 1 is 1.16 bits per heavy atom. The molecule has 4 rings (SSSR count). The molecule has 6 nitrogen and oxygen atoms in total. The number of aldehydes is 1. The lowest BCUT2D eigenvalue weighted by molar-refractivity contribution is 0.112. The van der Waals surface area contributed by atoms with Crippen molar-refractivity contribution in [3.8, 4) is 0 Å². The second kappa shape index (κ2) is 7.89. The summed E-state index contributed by atoms with van der Waals surface area (Å²) in [6.45, 7) is 7.01. The van der Waals surface area contributed by atoms with Crippen LogP contribution >= 0.6 is 0 Å². The summed E-state index contributed by atoms with van der Waals surface area (Å²) in [5.41, 5.74) is 1.57. The Balaban J connectivity index is 1.75. The smallest absolute Gasteiger partial charge is 0.267 e. The van der Waals surface area contributed by atoms with E-state index in [1.54, 1.807) is 18.2 Å². The van der Waals surface area contributed by atoms with Gasteiger partial charge in [0.1, 0.15) is 12.0 Å². The quantitative estimate of drug-likeness (QED) is 0.533. The zero-order valence-corrected chi connectivity index (χ0v) is 18.9. The minimum atomic E-state index is -3.83. The van der Waals surface area contributed by atoms with E-state index in [0.29, 0.717) is 36.1 Å².